The van der Waals surface area contributed by atoms with Gasteiger partial charge in [0, 0.05) is 17.1 Å². The molecule has 0 N–H and O–H groups in total. The molecule has 0 unspecified atom stereocenters. The molecule has 8 heteroatoms. The van der Waals surface area contributed by atoms with Crippen molar-refractivity contribution < 1.29 is 28.6 Å². The Morgan fingerprint density at radius 3 is 2.12 bits per heavy atom. The summed E-state index contributed by atoms with van der Waals surface area (Å²) in [7, 11) is 0. The molecule has 1 saturated heterocycles. The van der Waals surface area contributed by atoms with E-state index in [1.54, 1.807) is 0 Å². The minimum Gasteiger partial charge on any atom is -0.462 e. The largest absolute Gasteiger partial charge is 0.462 e. The predicted molar refractivity (Wildman–Crippen MR) is 104 cm³/mol. The lowest BCUT2D eigenvalue weighted by Gasteiger charge is -2.18. The van der Waals surface area contributed by atoms with Crippen LogP contribution in [0.4, 0.5) is 0 Å². The third-order valence-corrected chi connectivity index (χ3v) is 5.81. The predicted octanol–water partition coefficient (Wildman–Crippen LogP) is 2.99. The van der Waals surface area contributed by atoms with Crippen molar-refractivity contribution in [1.29, 1.82) is 0 Å². The maximum Gasteiger partial charge on any atom is 0.333 e. The van der Waals surface area contributed by atoms with Crippen molar-refractivity contribution in [2.45, 2.75) is 45.1 Å². The zero-order chi connectivity index (χ0) is 19.2. The molecule has 0 saturated carbocycles. The van der Waals surface area contributed by atoms with Crippen molar-refractivity contribution in [3.8, 4) is 0 Å². The summed E-state index contributed by atoms with van der Waals surface area (Å²) in [5, 5.41) is 0. The van der Waals surface area contributed by atoms with Gasteiger partial charge in [-0.1, -0.05) is 13.0 Å². The van der Waals surface area contributed by atoms with Crippen molar-refractivity contribution >= 4 is 41.4 Å². The molecule has 1 rings (SSSR count). The second kappa shape index (κ2) is 14.0. The highest BCUT2D eigenvalue weighted by atomic mass is 32.2. The molecule has 0 atom stereocenters. The summed E-state index contributed by atoms with van der Waals surface area (Å²) in [6.45, 7) is 4.92. The molecule has 1 heterocycles. The van der Waals surface area contributed by atoms with Gasteiger partial charge in [-0.2, -0.15) is 23.5 Å². The topological polar surface area (TPSA) is 78.9 Å². The quantitative estimate of drug-likeness (QED) is 0.264. The Kier molecular flexibility index (Phi) is 12.3. The first-order chi connectivity index (χ1) is 12.5. The van der Waals surface area contributed by atoms with Crippen molar-refractivity contribution in [3.05, 3.63) is 12.2 Å². The average Bonchev–Trinajstić information content (AvgIpc) is 2.62. The highest BCUT2D eigenvalue weighted by molar-refractivity contribution is 8.00. The maximum absolute atomic E-state index is 11.9. The molecule has 1 aliphatic rings. The molecule has 0 aromatic heterocycles. The number of hydrogen-bond donors (Lipinski definition) is 0. The van der Waals surface area contributed by atoms with Crippen LogP contribution in [0.3, 0.4) is 0 Å². The van der Waals surface area contributed by atoms with E-state index in [9.17, 15) is 14.4 Å². The second-order valence-electron chi connectivity index (χ2n) is 5.96. The van der Waals surface area contributed by atoms with Crippen LogP contribution in [0.5, 0.6) is 0 Å². The number of hydrogen-bond acceptors (Lipinski definition) is 8. The Bertz CT molecular complexity index is 470. The number of carbonyl (C=O) groups excluding carboxylic acids is 3. The van der Waals surface area contributed by atoms with Crippen LogP contribution in [0, 0.1) is 0 Å². The minimum atomic E-state index is -0.522. The summed E-state index contributed by atoms with van der Waals surface area (Å²) in [5.41, 5.74) is 0.288. The first-order valence-electron chi connectivity index (χ1n) is 8.82. The monoisotopic (exact) mass is 404 g/mol. The van der Waals surface area contributed by atoms with E-state index in [1.165, 1.54) is 26.2 Å². The van der Waals surface area contributed by atoms with Crippen LogP contribution >= 0.6 is 23.5 Å². The molecule has 0 radical (unpaired) electrons. The highest BCUT2D eigenvalue weighted by Crippen LogP contribution is 2.18. The number of ether oxygens (including phenoxy) is 3. The fourth-order valence-electron chi connectivity index (χ4n) is 2.06. The Labute approximate surface area is 163 Å². The van der Waals surface area contributed by atoms with E-state index in [0.717, 1.165) is 23.0 Å². The lowest BCUT2D eigenvalue weighted by Crippen LogP contribution is -2.24. The Morgan fingerprint density at radius 1 is 0.923 bits per heavy atom. The van der Waals surface area contributed by atoms with Gasteiger partial charge in [-0.05, 0) is 31.3 Å². The third-order valence-electron chi connectivity index (χ3n) is 3.44. The van der Waals surface area contributed by atoms with E-state index < -0.39 is 11.9 Å². The lowest BCUT2D eigenvalue weighted by atomic mass is 10.3. The summed E-state index contributed by atoms with van der Waals surface area (Å²) in [5.74, 6) is 2.39. The van der Waals surface area contributed by atoms with Gasteiger partial charge in [0.15, 0.2) is 0 Å². The zero-order valence-electron chi connectivity index (χ0n) is 15.3. The molecule has 148 valence electrons. The van der Waals surface area contributed by atoms with Gasteiger partial charge >= 0.3 is 17.9 Å². The molecule has 0 spiro atoms. The Balaban J connectivity index is 2.16. The van der Waals surface area contributed by atoms with Gasteiger partial charge in [0.1, 0.15) is 19.3 Å². The van der Waals surface area contributed by atoms with E-state index in [4.69, 9.17) is 14.2 Å². The fraction of sp³-hybridized carbons (Fsp3) is 0.722. The van der Waals surface area contributed by atoms with E-state index >= 15 is 0 Å². The van der Waals surface area contributed by atoms with Crippen LogP contribution < -0.4 is 0 Å². The minimum absolute atomic E-state index is 0.00375. The van der Waals surface area contributed by atoms with Crippen LogP contribution in [0.15, 0.2) is 12.2 Å². The number of rotatable bonds is 8. The molecular formula is C18H28O6S2. The van der Waals surface area contributed by atoms with Gasteiger partial charge in [0.2, 0.25) is 0 Å². The lowest BCUT2D eigenvalue weighted by molar-refractivity contribution is -0.154. The zero-order valence-corrected chi connectivity index (χ0v) is 17.0. The molecule has 1 aliphatic heterocycles. The second-order valence-corrected chi connectivity index (χ2v) is 8.26. The normalized spacial score (nSPS) is 16.3. The molecule has 1 fully saturated rings. The van der Waals surface area contributed by atoms with E-state index in [2.05, 4.69) is 6.58 Å². The smallest absolute Gasteiger partial charge is 0.333 e. The summed E-state index contributed by atoms with van der Waals surface area (Å²) >= 11 is 3.63. The highest BCUT2D eigenvalue weighted by Gasteiger charge is 2.17. The molecule has 0 aromatic rings. The molecule has 26 heavy (non-hydrogen) atoms. The van der Waals surface area contributed by atoms with Crippen molar-refractivity contribution in [2.24, 2.45) is 0 Å². The van der Waals surface area contributed by atoms with Crippen molar-refractivity contribution in [2.75, 3.05) is 36.2 Å². The Hall–Kier alpha value is -1.15. The van der Waals surface area contributed by atoms with Crippen molar-refractivity contribution in [1.82, 2.24) is 0 Å². The fourth-order valence-corrected chi connectivity index (χ4v) is 4.26. The summed E-state index contributed by atoms with van der Waals surface area (Å²) in [6.07, 6.45) is 3.53. The molecular weight excluding hydrogens is 376 g/mol. The molecule has 0 amide bonds. The van der Waals surface area contributed by atoms with Gasteiger partial charge in [-0.3, -0.25) is 9.59 Å². The SMILES string of the molecule is C=C(C)C(=O)OCCOC(=O)CCC(=O)OC1CSCCCCCSC1. The molecule has 0 aromatic carbocycles. The summed E-state index contributed by atoms with van der Waals surface area (Å²) in [6, 6.07) is 0. The van der Waals surface area contributed by atoms with Gasteiger partial charge in [-0.25, -0.2) is 4.79 Å². The van der Waals surface area contributed by atoms with E-state index in [-0.39, 0.29) is 43.7 Å². The van der Waals surface area contributed by atoms with Crippen LogP contribution in [0.1, 0.15) is 39.0 Å². The first-order valence-corrected chi connectivity index (χ1v) is 11.1. The summed E-state index contributed by atoms with van der Waals surface area (Å²) in [4.78, 5) is 34.7. The van der Waals surface area contributed by atoms with Crippen molar-refractivity contribution in [3.63, 3.8) is 0 Å². The molecule has 0 bridgehead atoms. The summed E-state index contributed by atoms with van der Waals surface area (Å²) < 4.78 is 15.2. The molecule has 6 nitrogen and oxygen atoms in total. The molecule has 0 aliphatic carbocycles. The first kappa shape index (κ1) is 22.9. The third kappa shape index (κ3) is 11.5. The van der Waals surface area contributed by atoms with Gasteiger partial charge in [0.25, 0.3) is 0 Å². The van der Waals surface area contributed by atoms with Crippen LogP contribution in [-0.2, 0) is 28.6 Å². The van der Waals surface area contributed by atoms with Gasteiger partial charge < -0.3 is 14.2 Å². The van der Waals surface area contributed by atoms with Crippen LogP contribution in [0.25, 0.3) is 0 Å². The van der Waals surface area contributed by atoms with Gasteiger partial charge in [0.05, 0.1) is 12.8 Å². The Morgan fingerprint density at radius 2 is 1.50 bits per heavy atom. The van der Waals surface area contributed by atoms with Crippen LogP contribution in [-0.4, -0.2) is 60.2 Å². The number of thioether (sulfide) groups is 2. The standard InChI is InChI=1S/C18H28O6S2/c1-14(2)18(21)23-9-8-22-16(19)6-7-17(20)24-15-12-25-10-4-3-5-11-26-13-15/h15H,1,3-13H2,2H3. The average molecular weight is 405 g/mol. The van der Waals surface area contributed by atoms with E-state index in [0.29, 0.717) is 0 Å². The van der Waals surface area contributed by atoms with Gasteiger partial charge in [-0.15, -0.1) is 0 Å². The maximum atomic E-state index is 11.9. The van der Waals surface area contributed by atoms with Crippen LogP contribution in [0.2, 0.25) is 0 Å². The number of esters is 3. The van der Waals surface area contributed by atoms with E-state index in [1.807, 2.05) is 23.5 Å². The number of carbonyl (C=O) groups is 3.